The van der Waals surface area contributed by atoms with Crippen molar-refractivity contribution >= 4 is 22.7 Å². The summed E-state index contributed by atoms with van der Waals surface area (Å²) in [7, 11) is 0. The fraction of sp³-hybridized carbons (Fsp3) is 0.0952. The van der Waals surface area contributed by atoms with E-state index in [-0.39, 0.29) is 11.2 Å². The van der Waals surface area contributed by atoms with Gasteiger partial charge in [0.2, 0.25) is 0 Å². The molecule has 0 radical (unpaired) electrons. The molecule has 2 heterocycles. The van der Waals surface area contributed by atoms with E-state index in [1.54, 1.807) is 35.0 Å². The number of rotatable bonds is 4. The fourth-order valence-corrected chi connectivity index (χ4v) is 2.92. The van der Waals surface area contributed by atoms with Gasteiger partial charge in [0.1, 0.15) is 11.4 Å². The molecule has 1 amide bonds. The number of nitrogens with zero attached hydrogens (tertiary/aromatic N) is 2. The Bertz CT molecular complexity index is 1180. The van der Waals surface area contributed by atoms with Gasteiger partial charge in [-0.2, -0.15) is 5.10 Å². The summed E-state index contributed by atoms with van der Waals surface area (Å²) in [6.07, 6.45) is 0. The van der Waals surface area contributed by atoms with E-state index in [0.29, 0.717) is 23.3 Å². The molecular formula is C21H17N3O3. The van der Waals surface area contributed by atoms with Crippen molar-refractivity contribution in [2.45, 2.75) is 13.5 Å². The molecule has 4 rings (SSSR count). The SMILES string of the molecule is Cc1cc(NC(=O)c2cc(=O)c3ccccc3o2)n(Cc2ccccc2)n1. The second-order valence-corrected chi connectivity index (χ2v) is 6.24. The number of hydrogen-bond donors (Lipinski definition) is 1. The van der Waals surface area contributed by atoms with Gasteiger partial charge in [0, 0.05) is 12.1 Å². The van der Waals surface area contributed by atoms with Gasteiger partial charge in [-0.05, 0) is 24.6 Å². The Morgan fingerprint density at radius 2 is 1.81 bits per heavy atom. The second kappa shape index (κ2) is 6.92. The number of amides is 1. The Morgan fingerprint density at radius 1 is 1.07 bits per heavy atom. The van der Waals surface area contributed by atoms with Crippen molar-refractivity contribution in [3.05, 3.63) is 94.0 Å². The van der Waals surface area contributed by atoms with E-state index >= 15 is 0 Å². The topological polar surface area (TPSA) is 77.1 Å². The first-order valence-corrected chi connectivity index (χ1v) is 8.53. The molecule has 0 fully saturated rings. The van der Waals surface area contributed by atoms with Crippen molar-refractivity contribution in [2.75, 3.05) is 5.32 Å². The molecular weight excluding hydrogens is 342 g/mol. The molecule has 0 saturated carbocycles. The van der Waals surface area contributed by atoms with Crippen LogP contribution in [0.1, 0.15) is 21.8 Å². The molecule has 4 aromatic rings. The van der Waals surface area contributed by atoms with Crippen LogP contribution in [0.15, 0.2) is 75.9 Å². The summed E-state index contributed by atoms with van der Waals surface area (Å²) < 4.78 is 7.31. The smallest absolute Gasteiger partial charge is 0.292 e. The van der Waals surface area contributed by atoms with Crippen LogP contribution in [0.4, 0.5) is 5.82 Å². The number of hydrogen-bond acceptors (Lipinski definition) is 4. The Labute approximate surface area is 155 Å². The standard InChI is InChI=1S/C21H17N3O3/c1-14-11-20(24(23-14)13-15-7-3-2-4-8-15)22-21(26)19-12-17(25)16-9-5-6-10-18(16)27-19/h2-12H,13H2,1H3,(H,22,26). The van der Waals surface area contributed by atoms with Crippen LogP contribution in [0.2, 0.25) is 0 Å². The highest BCUT2D eigenvalue weighted by molar-refractivity contribution is 6.02. The summed E-state index contributed by atoms with van der Waals surface area (Å²) >= 11 is 0. The lowest BCUT2D eigenvalue weighted by molar-refractivity contribution is 0.0996. The molecule has 134 valence electrons. The lowest BCUT2D eigenvalue weighted by atomic mass is 10.2. The van der Waals surface area contributed by atoms with Gasteiger partial charge < -0.3 is 9.73 Å². The molecule has 2 aromatic heterocycles. The number of aromatic nitrogens is 2. The highest BCUT2D eigenvalue weighted by Gasteiger charge is 2.15. The number of carbonyl (C=O) groups is 1. The monoisotopic (exact) mass is 359 g/mol. The summed E-state index contributed by atoms with van der Waals surface area (Å²) in [5.41, 5.74) is 1.97. The van der Waals surface area contributed by atoms with E-state index in [0.717, 1.165) is 11.3 Å². The minimum absolute atomic E-state index is 0.0381. The van der Waals surface area contributed by atoms with E-state index in [9.17, 15) is 9.59 Å². The maximum absolute atomic E-state index is 12.6. The minimum atomic E-state index is -0.493. The molecule has 0 unspecified atom stereocenters. The normalized spacial score (nSPS) is 10.9. The highest BCUT2D eigenvalue weighted by Crippen LogP contribution is 2.16. The minimum Gasteiger partial charge on any atom is -0.451 e. The number of fused-ring (bicyclic) bond motifs is 1. The highest BCUT2D eigenvalue weighted by atomic mass is 16.3. The summed E-state index contributed by atoms with van der Waals surface area (Å²) in [4.78, 5) is 24.9. The molecule has 0 saturated heterocycles. The third-order valence-corrected chi connectivity index (χ3v) is 4.18. The molecule has 27 heavy (non-hydrogen) atoms. The van der Waals surface area contributed by atoms with Crippen molar-refractivity contribution < 1.29 is 9.21 Å². The van der Waals surface area contributed by atoms with Crippen molar-refractivity contribution in [3.8, 4) is 0 Å². The zero-order valence-corrected chi connectivity index (χ0v) is 14.7. The summed E-state index contributed by atoms with van der Waals surface area (Å²) in [5.74, 6) is 0.00744. The zero-order valence-electron chi connectivity index (χ0n) is 14.7. The van der Waals surface area contributed by atoms with Crippen LogP contribution in [0.25, 0.3) is 11.0 Å². The van der Waals surface area contributed by atoms with Gasteiger partial charge in [-0.3, -0.25) is 9.59 Å². The summed E-state index contributed by atoms with van der Waals surface area (Å²) in [5, 5.41) is 7.66. The first kappa shape index (κ1) is 16.8. The molecule has 6 nitrogen and oxygen atoms in total. The molecule has 0 bridgehead atoms. The molecule has 6 heteroatoms. The Balaban J connectivity index is 1.63. The van der Waals surface area contributed by atoms with E-state index in [4.69, 9.17) is 4.42 Å². The molecule has 0 spiro atoms. The zero-order chi connectivity index (χ0) is 18.8. The fourth-order valence-electron chi connectivity index (χ4n) is 2.92. The molecule has 0 atom stereocenters. The Morgan fingerprint density at radius 3 is 2.63 bits per heavy atom. The quantitative estimate of drug-likeness (QED) is 0.604. The average molecular weight is 359 g/mol. The number of carbonyl (C=O) groups excluding carboxylic acids is 1. The third-order valence-electron chi connectivity index (χ3n) is 4.18. The van der Waals surface area contributed by atoms with Gasteiger partial charge in [0.25, 0.3) is 5.91 Å². The summed E-state index contributed by atoms with van der Waals surface area (Å²) in [6.45, 7) is 2.37. The van der Waals surface area contributed by atoms with E-state index in [2.05, 4.69) is 10.4 Å². The van der Waals surface area contributed by atoms with Crippen LogP contribution in [0.3, 0.4) is 0 Å². The molecule has 0 aliphatic heterocycles. The maximum atomic E-state index is 12.6. The van der Waals surface area contributed by atoms with Crippen molar-refractivity contribution in [2.24, 2.45) is 0 Å². The Hall–Kier alpha value is -3.67. The van der Waals surface area contributed by atoms with Crippen LogP contribution in [0, 0.1) is 6.92 Å². The number of aryl methyl sites for hydroxylation is 1. The maximum Gasteiger partial charge on any atom is 0.292 e. The van der Waals surface area contributed by atoms with E-state index in [1.165, 1.54) is 6.07 Å². The number of benzene rings is 2. The van der Waals surface area contributed by atoms with Crippen LogP contribution >= 0.6 is 0 Å². The molecule has 0 aliphatic carbocycles. The lowest BCUT2D eigenvalue weighted by Crippen LogP contribution is -2.18. The molecule has 1 N–H and O–H groups in total. The number of para-hydroxylation sites is 1. The predicted octanol–water partition coefficient (Wildman–Crippen LogP) is 3.60. The summed E-state index contributed by atoms with van der Waals surface area (Å²) in [6, 6.07) is 19.7. The van der Waals surface area contributed by atoms with Crippen LogP contribution in [-0.2, 0) is 6.54 Å². The van der Waals surface area contributed by atoms with Gasteiger partial charge >= 0.3 is 0 Å². The van der Waals surface area contributed by atoms with Gasteiger partial charge in [-0.15, -0.1) is 0 Å². The first-order chi connectivity index (χ1) is 13.1. The van der Waals surface area contributed by atoms with Crippen molar-refractivity contribution in [3.63, 3.8) is 0 Å². The van der Waals surface area contributed by atoms with Crippen LogP contribution in [0.5, 0.6) is 0 Å². The van der Waals surface area contributed by atoms with E-state index < -0.39 is 5.91 Å². The van der Waals surface area contributed by atoms with Gasteiger partial charge in [0.15, 0.2) is 11.2 Å². The van der Waals surface area contributed by atoms with Gasteiger partial charge in [-0.1, -0.05) is 42.5 Å². The average Bonchev–Trinajstić information content (AvgIpc) is 3.01. The van der Waals surface area contributed by atoms with Crippen LogP contribution in [-0.4, -0.2) is 15.7 Å². The van der Waals surface area contributed by atoms with Crippen molar-refractivity contribution in [1.82, 2.24) is 9.78 Å². The molecule has 0 aliphatic rings. The van der Waals surface area contributed by atoms with Gasteiger partial charge in [0.05, 0.1) is 17.6 Å². The largest absolute Gasteiger partial charge is 0.451 e. The first-order valence-electron chi connectivity index (χ1n) is 8.53. The van der Waals surface area contributed by atoms with Crippen molar-refractivity contribution in [1.29, 1.82) is 0 Å². The lowest BCUT2D eigenvalue weighted by Gasteiger charge is -2.09. The number of nitrogens with one attached hydrogen (secondary N) is 1. The number of anilines is 1. The molecule has 2 aromatic carbocycles. The van der Waals surface area contributed by atoms with Gasteiger partial charge in [-0.25, -0.2) is 4.68 Å². The van der Waals surface area contributed by atoms with E-state index in [1.807, 2.05) is 37.3 Å². The third kappa shape index (κ3) is 3.50. The van der Waals surface area contributed by atoms with Crippen LogP contribution < -0.4 is 10.7 Å². The predicted molar refractivity (Wildman–Crippen MR) is 103 cm³/mol. The Kier molecular flexibility index (Phi) is 4.30. The second-order valence-electron chi connectivity index (χ2n) is 6.24.